The Hall–Kier alpha value is -0.240. The standard InChI is InChI=1S/C14H19Cl2N/c1-13(2)12(14(13,3)4)11(17)9-6-5-8(15)7-10(9)16/h5-7,11-12H,17H2,1-4H3. The highest BCUT2D eigenvalue weighted by Gasteiger charge is 2.66. The molecule has 94 valence electrons. The Balaban J connectivity index is 2.31. The molecule has 0 aliphatic heterocycles. The van der Waals surface area contributed by atoms with Crippen molar-refractivity contribution in [2.45, 2.75) is 33.7 Å². The monoisotopic (exact) mass is 271 g/mol. The highest BCUT2D eigenvalue weighted by Crippen LogP contribution is 2.72. The predicted octanol–water partition coefficient (Wildman–Crippen LogP) is 4.68. The lowest BCUT2D eigenvalue weighted by molar-refractivity contribution is 0.457. The SMILES string of the molecule is CC1(C)C(C(N)c2ccc(Cl)cc2Cl)C1(C)C. The van der Waals surface area contributed by atoms with Gasteiger partial charge in [0.25, 0.3) is 0 Å². The minimum atomic E-state index is -0.0234. The molecule has 2 rings (SSSR count). The van der Waals surface area contributed by atoms with Crippen molar-refractivity contribution in [3.8, 4) is 0 Å². The first-order chi connectivity index (χ1) is 7.69. The fourth-order valence-electron chi connectivity index (χ4n) is 3.10. The van der Waals surface area contributed by atoms with Crippen LogP contribution in [0.1, 0.15) is 39.3 Å². The predicted molar refractivity (Wildman–Crippen MR) is 74.4 cm³/mol. The van der Waals surface area contributed by atoms with Gasteiger partial charge in [0.15, 0.2) is 0 Å². The molecule has 1 atom stereocenters. The summed E-state index contributed by atoms with van der Waals surface area (Å²) in [6.45, 7) is 9.06. The van der Waals surface area contributed by atoms with Gasteiger partial charge in [0, 0.05) is 16.1 Å². The molecule has 17 heavy (non-hydrogen) atoms. The van der Waals surface area contributed by atoms with Gasteiger partial charge in [-0.1, -0.05) is 57.0 Å². The lowest BCUT2D eigenvalue weighted by Gasteiger charge is -2.16. The van der Waals surface area contributed by atoms with Gasteiger partial charge in [-0.2, -0.15) is 0 Å². The first-order valence-corrected chi connectivity index (χ1v) is 6.65. The number of hydrogen-bond donors (Lipinski definition) is 1. The fraction of sp³-hybridized carbons (Fsp3) is 0.571. The Bertz CT molecular complexity index is 438. The minimum Gasteiger partial charge on any atom is -0.324 e. The number of hydrogen-bond acceptors (Lipinski definition) is 1. The van der Waals surface area contributed by atoms with Crippen molar-refractivity contribution in [2.24, 2.45) is 22.5 Å². The van der Waals surface area contributed by atoms with Crippen LogP contribution in [0.4, 0.5) is 0 Å². The third-order valence-corrected chi connectivity index (χ3v) is 5.38. The van der Waals surface area contributed by atoms with E-state index < -0.39 is 0 Å². The van der Waals surface area contributed by atoms with Crippen LogP contribution in [0.3, 0.4) is 0 Å². The van der Waals surface area contributed by atoms with E-state index in [9.17, 15) is 0 Å². The quantitative estimate of drug-likeness (QED) is 0.831. The molecular formula is C14H19Cl2N. The molecule has 2 N–H and O–H groups in total. The van der Waals surface area contributed by atoms with Gasteiger partial charge in [0.05, 0.1) is 0 Å². The number of rotatable bonds is 2. The normalized spacial score (nSPS) is 23.5. The first-order valence-electron chi connectivity index (χ1n) is 5.90. The van der Waals surface area contributed by atoms with Crippen LogP contribution in [-0.4, -0.2) is 0 Å². The zero-order valence-corrected chi connectivity index (χ0v) is 12.2. The average Bonchev–Trinajstić information content (AvgIpc) is 2.56. The lowest BCUT2D eigenvalue weighted by Crippen LogP contribution is -2.16. The Morgan fingerprint density at radius 1 is 1.12 bits per heavy atom. The summed E-state index contributed by atoms with van der Waals surface area (Å²) in [5, 5.41) is 1.32. The zero-order chi connectivity index (χ0) is 13.0. The summed E-state index contributed by atoms with van der Waals surface area (Å²) in [4.78, 5) is 0. The Morgan fingerprint density at radius 2 is 1.65 bits per heavy atom. The van der Waals surface area contributed by atoms with E-state index in [1.807, 2.05) is 12.1 Å². The average molecular weight is 272 g/mol. The fourth-order valence-corrected chi connectivity index (χ4v) is 3.63. The van der Waals surface area contributed by atoms with Gasteiger partial charge >= 0.3 is 0 Å². The lowest BCUT2D eigenvalue weighted by atomic mass is 9.97. The molecule has 0 amide bonds. The Labute approximate surface area is 113 Å². The van der Waals surface area contributed by atoms with Crippen LogP contribution >= 0.6 is 23.2 Å². The molecule has 1 aliphatic rings. The zero-order valence-electron chi connectivity index (χ0n) is 10.7. The second kappa shape index (κ2) is 3.88. The molecule has 0 spiro atoms. The maximum Gasteiger partial charge on any atom is 0.0468 e. The van der Waals surface area contributed by atoms with Crippen LogP contribution in [0.5, 0.6) is 0 Å². The third kappa shape index (κ3) is 1.89. The van der Waals surface area contributed by atoms with Crippen LogP contribution in [0.2, 0.25) is 10.0 Å². The smallest absolute Gasteiger partial charge is 0.0468 e. The van der Waals surface area contributed by atoms with Crippen LogP contribution in [0.25, 0.3) is 0 Å². The highest BCUT2D eigenvalue weighted by atomic mass is 35.5. The van der Waals surface area contributed by atoms with Crippen molar-refractivity contribution >= 4 is 23.2 Å². The highest BCUT2D eigenvalue weighted by molar-refractivity contribution is 6.35. The first kappa shape index (κ1) is 13.2. The Kier molecular flexibility index (Phi) is 3.01. The van der Waals surface area contributed by atoms with Gasteiger partial charge in [-0.3, -0.25) is 0 Å². The van der Waals surface area contributed by atoms with E-state index in [2.05, 4.69) is 27.7 Å². The summed E-state index contributed by atoms with van der Waals surface area (Å²) < 4.78 is 0. The molecule has 1 unspecified atom stereocenters. The molecule has 0 bridgehead atoms. The summed E-state index contributed by atoms with van der Waals surface area (Å²) in [6.07, 6.45) is 0. The van der Waals surface area contributed by atoms with Crippen LogP contribution in [0, 0.1) is 16.7 Å². The van der Waals surface area contributed by atoms with Crippen molar-refractivity contribution in [1.82, 2.24) is 0 Å². The van der Waals surface area contributed by atoms with E-state index in [1.54, 1.807) is 6.07 Å². The summed E-state index contributed by atoms with van der Waals surface area (Å²) >= 11 is 12.1. The molecule has 0 radical (unpaired) electrons. The topological polar surface area (TPSA) is 26.0 Å². The van der Waals surface area contributed by atoms with E-state index in [0.717, 1.165) is 5.56 Å². The molecule has 0 aromatic heterocycles. The van der Waals surface area contributed by atoms with Crippen LogP contribution in [0.15, 0.2) is 18.2 Å². The van der Waals surface area contributed by atoms with Gasteiger partial charge < -0.3 is 5.73 Å². The molecule has 1 aromatic rings. The molecular weight excluding hydrogens is 253 g/mol. The summed E-state index contributed by atoms with van der Waals surface area (Å²) in [5.74, 6) is 0.452. The molecule has 0 heterocycles. The number of benzene rings is 1. The van der Waals surface area contributed by atoms with Crippen molar-refractivity contribution in [3.05, 3.63) is 33.8 Å². The second-order valence-corrected chi connectivity index (χ2v) is 6.96. The van der Waals surface area contributed by atoms with E-state index in [4.69, 9.17) is 28.9 Å². The van der Waals surface area contributed by atoms with Crippen LogP contribution < -0.4 is 5.73 Å². The number of halogens is 2. The maximum atomic E-state index is 6.37. The van der Waals surface area contributed by atoms with Gasteiger partial charge in [-0.15, -0.1) is 0 Å². The minimum absolute atomic E-state index is 0.0234. The van der Waals surface area contributed by atoms with Gasteiger partial charge in [0.2, 0.25) is 0 Å². The van der Waals surface area contributed by atoms with Crippen molar-refractivity contribution in [2.75, 3.05) is 0 Å². The van der Waals surface area contributed by atoms with Crippen LogP contribution in [-0.2, 0) is 0 Å². The maximum absolute atomic E-state index is 6.37. The summed E-state index contributed by atoms with van der Waals surface area (Å²) in [7, 11) is 0. The van der Waals surface area contributed by atoms with E-state index >= 15 is 0 Å². The van der Waals surface area contributed by atoms with Gasteiger partial charge in [-0.05, 0) is 34.4 Å². The van der Waals surface area contributed by atoms with E-state index in [1.165, 1.54) is 0 Å². The van der Waals surface area contributed by atoms with E-state index in [-0.39, 0.29) is 16.9 Å². The largest absolute Gasteiger partial charge is 0.324 e. The van der Waals surface area contributed by atoms with Crippen molar-refractivity contribution < 1.29 is 0 Å². The molecule has 1 aromatic carbocycles. The Morgan fingerprint density at radius 3 is 2.06 bits per heavy atom. The van der Waals surface area contributed by atoms with Gasteiger partial charge in [-0.25, -0.2) is 0 Å². The number of nitrogens with two attached hydrogens (primary N) is 1. The molecule has 1 aliphatic carbocycles. The van der Waals surface area contributed by atoms with Crippen molar-refractivity contribution in [3.63, 3.8) is 0 Å². The third-order valence-electron chi connectivity index (χ3n) is 4.81. The van der Waals surface area contributed by atoms with E-state index in [0.29, 0.717) is 16.0 Å². The molecule has 1 nitrogen and oxygen atoms in total. The molecule has 3 heteroatoms. The van der Waals surface area contributed by atoms with Gasteiger partial charge in [0.1, 0.15) is 0 Å². The summed E-state index contributed by atoms with van der Waals surface area (Å²) in [6, 6.07) is 5.54. The molecule has 1 saturated carbocycles. The van der Waals surface area contributed by atoms with Crippen molar-refractivity contribution in [1.29, 1.82) is 0 Å². The summed E-state index contributed by atoms with van der Waals surface area (Å²) in [5.41, 5.74) is 7.89. The molecule has 1 fully saturated rings. The molecule has 0 saturated heterocycles. The second-order valence-electron chi connectivity index (χ2n) is 6.11.